The highest BCUT2D eigenvalue weighted by Crippen LogP contribution is 2.20. The summed E-state index contributed by atoms with van der Waals surface area (Å²) < 4.78 is 12.8. The number of likely N-dealkylation sites (tertiary alicyclic amines) is 1. The zero-order valence-corrected chi connectivity index (χ0v) is 8.97. The number of hydrogen-bond donors (Lipinski definition) is 1. The third-order valence-electron chi connectivity index (χ3n) is 2.64. The first kappa shape index (κ1) is 11.5. The molecule has 6 heteroatoms. The van der Waals surface area contributed by atoms with Crippen LogP contribution in [0.15, 0.2) is 18.2 Å². The van der Waals surface area contributed by atoms with E-state index >= 15 is 0 Å². The van der Waals surface area contributed by atoms with Gasteiger partial charge >= 0.3 is 5.97 Å². The van der Waals surface area contributed by atoms with E-state index in [1.165, 1.54) is 23.1 Å². The maximum Gasteiger partial charge on any atom is 0.303 e. The number of nitrogens with zero attached hydrogens (tertiary/aromatic N) is 2. The molecule has 1 fully saturated rings. The second-order valence-electron chi connectivity index (χ2n) is 4.02. The van der Waals surface area contributed by atoms with Crippen LogP contribution >= 0.6 is 0 Å². The highest BCUT2D eigenvalue weighted by Gasteiger charge is 2.33. The second-order valence-corrected chi connectivity index (χ2v) is 4.02. The van der Waals surface area contributed by atoms with Crippen LogP contribution in [-0.2, 0) is 4.79 Å². The second kappa shape index (κ2) is 4.48. The Balaban J connectivity index is 1.93. The average Bonchev–Trinajstić information content (AvgIpc) is 2.21. The normalized spacial score (nSPS) is 15.5. The van der Waals surface area contributed by atoms with E-state index in [0.29, 0.717) is 13.1 Å². The number of hydrogen-bond acceptors (Lipinski definition) is 3. The largest absolute Gasteiger partial charge is 0.481 e. The van der Waals surface area contributed by atoms with E-state index in [1.54, 1.807) is 0 Å². The van der Waals surface area contributed by atoms with E-state index in [0.717, 1.165) is 0 Å². The highest BCUT2D eigenvalue weighted by molar-refractivity contribution is 5.92. The lowest BCUT2D eigenvalue weighted by molar-refractivity contribution is -0.139. The Morgan fingerprint density at radius 1 is 1.47 bits per heavy atom. The van der Waals surface area contributed by atoms with Crippen molar-refractivity contribution in [1.29, 1.82) is 0 Å². The molecule has 17 heavy (non-hydrogen) atoms. The lowest BCUT2D eigenvalue weighted by Crippen LogP contribution is -2.50. The van der Waals surface area contributed by atoms with Crippen molar-refractivity contribution in [3.8, 4) is 0 Å². The van der Waals surface area contributed by atoms with Gasteiger partial charge in [-0.25, -0.2) is 4.98 Å². The Morgan fingerprint density at radius 2 is 2.18 bits per heavy atom. The molecule has 0 unspecified atom stereocenters. The molecule has 1 aliphatic heterocycles. The van der Waals surface area contributed by atoms with Crippen molar-refractivity contribution in [2.75, 3.05) is 13.1 Å². The highest BCUT2D eigenvalue weighted by atomic mass is 19.1. The van der Waals surface area contributed by atoms with E-state index in [9.17, 15) is 14.0 Å². The summed E-state index contributed by atoms with van der Waals surface area (Å²) in [6.45, 7) is 0.784. The fraction of sp³-hybridized carbons (Fsp3) is 0.364. The van der Waals surface area contributed by atoms with Gasteiger partial charge in [-0.15, -0.1) is 0 Å². The minimum atomic E-state index is -0.869. The minimum absolute atomic E-state index is 0.00925. The van der Waals surface area contributed by atoms with Crippen molar-refractivity contribution >= 4 is 11.9 Å². The van der Waals surface area contributed by atoms with Crippen LogP contribution in [0.1, 0.15) is 16.9 Å². The SMILES string of the molecule is O=C(O)CC1CN(C(=O)c2cccc(F)n2)C1. The smallest absolute Gasteiger partial charge is 0.303 e. The number of carboxylic acids is 1. The van der Waals surface area contributed by atoms with Gasteiger partial charge in [0.1, 0.15) is 5.69 Å². The van der Waals surface area contributed by atoms with E-state index < -0.39 is 11.9 Å². The molecular formula is C11H11FN2O3. The Hall–Kier alpha value is -1.98. The van der Waals surface area contributed by atoms with Gasteiger partial charge in [0, 0.05) is 19.0 Å². The minimum Gasteiger partial charge on any atom is -0.481 e. The summed E-state index contributed by atoms with van der Waals surface area (Å²) in [5.74, 6) is -1.93. The average molecular weight is 238 g/mol. The number of halogens is 1. The van der Waals surface area contributed by atoms with Crippen LogP contribution in [0.3, 0.4) is 0 Å². The maximum atomic E-state index is 12.8. The monoisotopic (exact) mass is 238 g/mol. The molecule has 0 aliphatic carbocycles. The van der Waals surface area contributed by atoms with Gasteiger partial charge < -0.3 is 10.0 Å². The molecule has 5 nitrogen and oxygen atoms in total. The molecule has 0 atom stereocenters. The first-order chi connectivity index (χ1) is 8.06. The standard InChI is InChI=1S/C11H11FN2O3/c12-9-3-1-2-8(13-9)11(17)14-5-7(6-14)4-10(15)16/h1-3,7H,4-6H2,(H,15,16). The summed E-state index contributed by atoms with van der Waals surface area (Å²) in [6.07, 6.45) is 0.0559. The number of carbonyl (C=O) groups is 2. The molecule has 1 saturated heterocycles. The molecule has 1 amide bonds. The Bertz CT molecular complexity index is 458. The van der Waals surface area contributed by atoms with Crippen LogP contribution in [0.25, 0.3) is 0 Å². The molecule has 1 aliphatic rings. The third kappa shape index (κ3) is 2.58. The molecule has 0 saturated carbocycles. The molecule has 1 aromatic rings. The number of amides is 1. The molecule has 0 aromatic carbocycles. The Morgan fingerprint density at radius 3 is 2.76 bits per heavy atom. The van der Waals surface area contributed by atoms with Gasteiger partial charge in [-0.2, -0.15) is 4.39 Å². The van der Waals surface area contributed by atoms with Crippen LogP contribution in [0.2, 0.25) is 0 Å². The maximum absolute atomic E-state index is 12.8. The molecule has 1 N–H and O–H groups in total. The molecule has 0 spiro atoms. The van der Waals surface area contributed by atoms with E-state index in [4.69, 9.17) is 5.11 Å². The van der Waals surface area contributed by atoms with Crippen molar-refractivity contribution in [2.45, 2.75) is 6.42 Å². The number of carbonyl (C=O) groups excluding carboxylic acids is 1. The van der Waals surface area contributed by atoms with Crippen LogP contribution < -0.4 is 0 Å². The predicted octanol–water partition coefficient (Wildman–Crippen LogP) is 0.767. The van der Waals surface area contributed by atoms with E-state index in [-0.39, 0.29) is 23.9 Å². The van der Waals surface area contributed by atoms with Gasteiger partial charge in [0.25, 0.3) is 5.91 Å². The predicted molar refractivity (Wildman–Crippen MR) is 55.8 cm³/mol. The lowest BCUT2D eigenvalue weighted by Gasteiger charge is -2.38. The van der Waals surface area contributed by atoms with Crippen LogP contribution in [0.5, 0.6) is 0 Å². The fourth-order valence-electron chi connectivity index (χ4n) is 1.80. The first-order valence-corrected chi connectivity index (χ1v) is 5.20. The molecule has 2 heterocycles. The van der Waals surface area contributed by atoms with E-state index in [2.05, 4.69) is 4.98 Å². The van der Waals surface area contributed by atoms with Gasteiger partial charge in [-0.3, -0.25) is 9.59 Å². The zero-order valence-electron chi connectivity index (χ0n) is 8.97. The summed E-state index contributed by atoms with van der Waals surface area (Å²) in [6, 6.07) is 4.03. The van der Waals surface area contributed by atoms with Crippen molar-refractivity contribution in [1.82, 2.24) is 9.88 Å². The zero-order chi connectivity index (χ0) is 12.4. The molecular weight excluding hydrogens is 227 g/mol. The molecule has 1 aromatic heterocycles. The number of rotatable bonds is 3. The van der Waals surface area contributed by atoms with Crippen LogP contribution in [-0.4, -0.2) is 40.0 Å². The number of aromatic nitrogens is 1. The van der Waals surface area contributed by atoms with Crippen molar-refractivity contribution in [3.05, 3.63) is 29.8 Å². The van der Waals surface area contributed by atoms with Crippen LogP contribution in [0.4, 0.5) is 4.39 Å². The molecule has 0 bridgehead atoms. The Kier molecular flexibility index (Phi) is 3.03. The summed E-state index contributed by atoms with van der Waals surface area (Å²) in [7, 11) is 0. The van der Waals surface area contributed by atoms with Gasteiger partial charge in [0.05, 0.1) is 6.42 Å². The van der Waals surface area contributed by atoms with Gasteiger partial charge in [0.2, 0.25) is 5.95 Å². The summed E-state index contributed by atoms with van der Waals surface area (Å²) in [5, 5.41) is 8.56. The van der Waals surface area contributed by atoms with Crippen molar-refractivity contribution in [3.63, 3.8) is 0 Å². The molecule has 90 valence electrons. The first-order valence-electron chi connectivity index (χ1n) is 5.20. The summed E-state index contributed by atoms with van der Waals surface area (Å²) in [5.41, 5.74) is 0.0544. The molecule has 0 radical (unpaired) electrons. The number of aliphatic carboxylic acids is 1. The molecule has 2 rings (SSSR count). The number of carboxylic acid groups (broad SMARTS) is 1. The van der Waals surface area contributed by atoms with Crippen molar-refractivity contribution in [2.24, 2.45) is 5.92 Å². The van der Waals surface area contributed by atoms with E-state index in [1.807, 2.05) is 0 Å². The topological polar surface area (TPSA) is 70.5 Å². The fourth-order valence-corrected chi connectivity index (χ4v) is 1.80. The number of pyridine rings is 1. The van der Waals surface area contributed by atoms with Gasteiger partial charge in [0.15, 0.2) is 0 Å². The van der Waals surface area contributed by atoms with Gasteiger partial charge in [-0.05, 0) is 12.1 Å². The van der Waals surface area contributed by atoms with Crippen LogP contribution in [0, 0.1) is 11.9 Å². The van der Waals surface area contributed by atoms with Crippen molar-refractivity contribution < 1.29 is 19.1 Å². The quantitative estimate of drug-likeness (QED) is 0.789. The summed E-state index contributed by atoms with van der Waals surface area (Å²) in [4.78, 5) is 27.1. The Labute approximate surface area is 96.9 Å². The lowest BCUT2D eigenvalue weighted by atomic mass is 9.96. The summed E-state index contributed by atoms with van der Waals surface area (Å²) >= 11 is 0. The van der Waals surface area contributed by atoms with Gasteiger partial charge in [-0.1, -0.05) is 6.07 Å². The third-order valence-corrected chi connectivity index (χ3v) is 2.64.